The molecular formula is C25H14BrN3. The highest BCUT2D eigenvalue weighted by molar-refractivity contribution is 9.10. The van der Waals surface area contributed by atoms with E-state index in [0.29, 0.717) is 0 Å². The molecule has 0 saturated carbocycles. The van der Waals surface area contributed by atoms with E-state index in [2.05, 4.69) is 69.4 Å². The van der Waals surface area contributed by atoms with E-state index >= 15 is 0 Å². The third-order valence-corrected chi connectivity index (χ3v) is 5.86. The molecule has 29 heavy (non-hydrogen) atoms. The van der Waals surface area contributed by atoms with Gasteiger partial charge in [-0.25, -0.2) is 4.98 Å². The molecule has 0 unspecified atom stereocenters. The largest absolute Gasteiger partial charge is 0.256 e. The first-order chi connectivity index (χ1) is 14.3. The summed E-state index contributed by atoms with van der Waals surface area (Å²) in [5, 5.41) is 5.50. The third kappa shape index (κ3) is 2.53. The third-order valence-electron chi connectivity index (χ3n) is 5.37. The molecule has 3 nitrogen and oxygen atoms in total. The minimum atomic E-state index is 0.906. The van der Waals surface area contributed by atoms with Gasteiger partial charge >= 0.3 is 0 Å². The first-order valence-electron chi connectivity index (χ1n) is 9.40. The number of halogens is 1. The fourth-order valence-electron chi connectivity index (χ4n) is 4.09. The highest BCUT2D eigenvalue weighted by Gasteiger charge is 2.16. The van der Waals surface area contributed by atoms with Gasteiger partial charge in [0, 0.05) is 49.4 Å². The van der Waals surface area contributed by atoms with Gasteiger partial charge in [-0.3, -0.25) is 9.97 Å². The molecule has 0 amide bonds. The summed E-state index contributed by atoms with van der Waals surface area (Å²) in [4.78, 5) is 14.5. The van der Waals surface area contributed by atoms with Gasteiger partial charge in [0.2, 0.25) is 0 Å². The molecule has 4 heteroatoms. The predicted octanol–water partition coefficient (Wildman–Crippen LogP) is 6.91. The van der Waals surface area contributed by atoms with Gasteiger partial charge in [-0.15, -0.1) is 0 Å². The van der Waals surface area contributed by atoms with Gasteiger partial charge in [-0.2, -0.15) is 0 Å². The zero-order valence-electron chi connectivity index (χ0n) is 15.3. The Bertz CT molecular complexity index is 1570. The molecule has 6 aromatic rings. The second kappa shape index (κ2) is 6.33. The van der Waals surface area contributed by atoms with Crippen LogP contribution >= 0.6 is 15.9 Å². The van der Waals surface area contributed by atoms with Gasteiger partial charge in [0.25, 0.3) is 0 Å². The molecular weight excluding hydrogens is 422 g/mol. The maximum Gasteiger partial charge on any atom is 0.0979 e. The van der Waals surface area contributed by atoms with Crippen molar-refractivity contribution < 1.29 is 0 Å². The van der Waals surface area contributed by atoms with E-state index in [0.717, 1.165) is 59.2 Å². The lowest BCUT2D eigenvalue weighted by Gasteiger charge is -2.13. The normalized spacial score (nSPS) is 11.6. The topological polar surface area (TPSA) is 38.7 Å². The molecule has 3 aromatic carbocycles. The number of hydrogen-bond acceptors (Lipinski definition) is 3. The van der Waals surface area contributed by atoms with Crippen LogP contribution in [0.15, 0.2) is 89.7 Å². The summed E-state index contributed by atoms with van der Waals surface area (Å²) >= 11 is 3.60. The Morgan fingerprint density at radius 1 is 0.621 bits per heavy atom. The number of nitrogens with zero attached hydrogens (tertiary/aromatic N) is 3. The Morgan fingerprint density at radius 2 is 1.34 bits per heavy atom. The summed E-state index contributed by atoms with van der Waals surface area (Å²) in [5.41, 5.74) is 4.82. The van der Waals surface area contributed by atoms with Crippen LogP contribution in [0.3, 0.4) is 0 Å². The Balaban J connectivity index is 1.91. The number of aromatic nitrogens is 3. The molecule has 6 rings (SSSR count). The van der Waals surface area contributed by atoms with E-state index in [4.69, 9.17) is 9.97 Å². The second-order valence-corrected chi connectivity index (χ2v) is 7.99. The monoisotopic (exact) mass is 435 g/mol. The second-order valence-electron chi connectivity index (χ2n) is 7.07. The lowest BCUT2D eigenvalue weighted by atomic mass is 9.96. The fraction of sp³-hybridized carbons (Fsp3) is 0. The predicted molar refractivity (Wildman–Crippen MR) is 123 cm³/mol. The number of pyridine rings is 3. The minimum absolute atomic E-state index is 0.906. The van der Waals surface area contributed by atoms with Crippen LogP contribution in [0.5, 0.6) is 0 Å². The first kappa shape index (κ1) is 16.6. The Kier molecular flexibility index (Phi) is 3.61. The van der Waals surface area contributed by atoms with Crippen LogP contribution in [0.4, 0.5) is 0 Å². The van der Waals surface area contributed by atoms with Gasteiger partial charge in [0.05, 0.1) is 22.2 Å². The number of hydrogen-bond donors (Lipinski definition) is 0. The lowest BCUT2D eigenvalue weighted by molar-refractivity contribution is 1.38. The van der Waals surface area contributed by atoms with Gasteiger partial charge in [0.15, 0.2) is 0 Å². The van der Waals surface area contributed by atoms with E-state index in [9.17, 15) is 0 Å². The van der Waals surface area contributed by atoms with E-state index in [1.807, 2.05) is 36.7 Å². The van der Waals surface area contributed by atoms with Crippen LogP contribution < -0.4 is 0 Å². The summed E-state index contributed by atoms with van der Waals surface area (Å²) in [6.07, 6.45) is 3.68. The number of rotatable bonds is 1. The smallest absolute Gasteiger partial charge is 0.0979 e. The number of benzene rings is 3. The van der Waals surface area contributed by atoms with Crippen LogP contribution in [0.25, 0.3) is 54.7 Å². The van der Waals surface area contributed by atoms with Gasteiger partial charge in [-0.1, -0.05) is 64.5 Å². The summed E-state index contributed by atoms with van der Waals surface area (Å²) < 4.78 is 1.03. The average Bonchev–Trinajstić information content (AvgIpc) is 2.78. The van der Waals surface area contributed by atoms with E-state index < -0.39 is 0 Å². The number of fused-ring (bicyclic) bond motifs is 7. The van der Waals surface area contributed by atoms with Crippen LogP contribution in [0.2, 0.25) is 0 Å². The maximum atomic E-state index is 5.14. The summed E-state index contributed by atoms with van der Waals surface area (Å²) in [5.74, 6) is 0. The highest BCUT2D eigenvalue weighted by atomic mass is 79.9. The van der Waals surface area contributed by atoms with Crippen molar-refractivity contribution in [2.45, 2.75) is 0 Å². The van der Waals surface area contributed by atoms with Crippen molar-refractivity contribution in [3.05, 3.63) is 89.7 Å². The molecule has 136 valence electrons. The van der Waals surface area contributed by atoms with Crippen molar-refractivity contribution in [1.82, 2.24) is 15.0 Å². The van der Waals surface area contributed by atoms with Crippen molar-refractivity contribution >= 4 is 59.4 Å². The highest BCUT2D eigenvalue weighted by Crippen LogP contribution is 2.38. The molecule has 0 N–H and O–H groups in total. The zero-order chi connectivity index (χ0) is 19.4. The minimum Gasteiger partial charge on any atom is -0.256 e. The SMILES string of the molecule is Brc1cccc(-c2nc3c(ccc4cccnc43)c3c2ccc2cccnc23)c1. The zero-order valence-corrected chi connectivity index (χ0v) is 16.9. The lowest BCUT2D eigenvalue weighted by Crippen LogP contribution is -1.93. The Labute approximate surface area is 175 Å². The van der Waals surface area contributed by atoms with Crippen LogP contribution in [-0.2, 0) is 0 Å². The first-order valence-corrected chi connectivity index (χ1v) is 10.2. The average molecular weight is 436 g/mol. The van der Waals surface area contributed by atoms with Gasteiger partial charge in [0.1, 0.15) is 0 Å². The standard InChI is InChI=1S/C25H14BrN3/c26-18-7-1-4-17(14-18)22-19-10-8-15-5-2-12-27-23(15)21(19)20-11-9-16-6-3-13-28-24(16)25(20)29-22/h1-14H. The molecule has 0 saturated heterocycles. The fourth-order valence-corrected chi connectivity index (χ4v) is 4.49. The molecule has 3 heterocycles. The molecule has 0 radical (unpaired) electrons. The van der Waals surface area contributed by atoms with Crippen LogP contribution in [-0.4, -0.2) is 15.0 Å². The van der Waals surface area contributed by atoms with Crippen molar-refractivity contribution in [1.29, 1.82) is 0 Å². The van der Waals surface area contributed by atoms with E-state index in [-0.39, 0.29) is 0 Å². The molecule has 0 aliphatic rings. The molecule has 0 aliphatic heterocycles. The molecule has 0 aliphatic carbocycles. The van der Waals surface area contributed by atoms with Crippen LogP contribution in [0.1, 0.15) is 0 Å². The van der Waals surface area contributed by atoms with E-state index in [1.165, 1.54) is 0 Å². The van der Waals surface area contributed by atoms with Crippen molar-refractivity contribution in [3.63, 3.8) is 0 Å². The molecule has 0 spiro atoms. The summed E-state index contributed by atoms with van der Waals surface area (Å²) in [6, 6.07) is 24.9. The molecule has 0 fully saturated rings. The van der Waals surface area contributed by atoms with Crippen LogP contribution in [0, 0.1) is 0 Å². The summed E-state index contributed by atoms with van der Waals surface area (Å²) in [6.45, 7) is 0. The maximum absolute atomic E-state index is 5.14. The van der Waals surface area contributed by atoms with Crippen molar-refractivity contribution in [2.75, 3.05) is 0 Å². The molecule has 0 atom stereocenters. The Hall–Kier alpha value is -3.37. The molecule has 3 aromatic heterocycles. The quantitative estimate of drug-likeness (QED) is 0.263. The molecule has 0 bridgehead atoms. The summed E-state index contributed by atoms with van der Waals surface area (Å²) in [7, 11) is 0. The van der Waals surface area contributed by atoms with Gasteiger partial charge < -0.3 is 0 Å². The van der Waals surface area contributed by atoms with Crippen molar-refractivity contribution in [2.24, 2.45) is 0 Å². The van der Waals surface area contributed by atoms with Gasteiger partial charge in [-0.05, 0) is 24.3 Å². The Morgan fingerprint density at radius 3 is 2.14 bits per heavy atom. The van der Waals surface area contributed by atoms with E-state index in [1.54, 1.807) is 0 Å². The van der Waals surface area contributed by atoms with Crippen molar-refractivity contribution in [3.8, 4) is 11.3 Å².